The Morgan fingerprint density at radius 2 is 2.11 bits per heavy atom. The lowest BCUT2D eigenvalue weighted by Crippen LogP contribution is -2.41. The fourth-order valence-electron chi connectivity index (χ4n) is 1.53. The van der Waals surface area contributed by atoms with E-state index in [9.17, 15) is 14.7 Å². The van der Waals surface area contributed by atoms with Gasteiger partial charge in [0.2, 0.25) is 0 Å². The van der Waals surface area contributed by atoms with E-state index in [4.69, 9.17) is 5.11 Å². The summed E-state index contributed by atoms with van der Waals surface area (Å²) in [6, 6.07) is 3.51. The maximum absolute atomic E-state index is 11.9. The van der Waals surface area contributed by atoms with Gasteiger partial charge in [-0.25, -0.2) is 4.79 Å². The number of hydrogen-bond donors (Lipinski definition) is 3. The fourth-order valence-corrected chi connectivity index (χ4v) is 2.00. The van der Waals surface area contributed by atoms with Crippen molar-refractivity contribution in [1.82, 2.24) is 5.32 Å². The van der Waals surface area contributed by atoms with Crippen LogP contribution in [0.5, 0.6) is 5.75 Å². The van der Waals surface area contributed by atoms with Gasteiger partial charge in [-0.15, -0.1) is 0 Å². The Hall–Kier alpha value is -1.69. The number of rotatable bonds is 6. The molecule has 3 N–H and O–H groups in total. The second-order valence-electron chi connectivity index (χ2n) is 4.15. The van der Waals surface area contributed by atoms with Gasteiger partial charge in [-0.3, -0.25) is 4.79 Å². The molecule has 1 amide bonds. The fraction of sp³-hybridized carbons (Fsp3) is 0.385. The first-order valence-electron chi connectivity index (χ1n) is 5.78. The molecule has 0 heterocycles. The number of aliphatic carboxylic acids is 1. The highest BCUT2D eigenvalue weighted by Gasteiger charge is 2.20. The van der Waals surface area contributed by atoms with Gasteiger partial charge in [0.15, 0.2) is 0 Å². The van der Waals surface area contributed by atoms with E-state index in [0.717, 1.165) is 0 Å². The molecule has 1 atom stereocenters. The average molecular weight is 283 g/mol. The number of amides is 1. The average Bonchev–Trinajstić information content (AvgIpc) is 2.37. The zero-order valence-corrected chi connectivity index (χ0v) is 11.7. The van der Waals surface area contributed by atoms with E-state index in [2.05, 4.69) is 5.32 Å². The van der Waals surface area contributed by atoms with Crippen molar-refractivity contribution in [2.24, 2.45) is 0 Å². The van der Waals surface area contributed by atoms with Crippen molar-refractivity contribution in [3.63, 3.8) is 0 Å². The van der Waals surface area contributed by atoms with Gasteiger partial charge in [-0.1, -0.05) is 0 Å². The molecule has 0 bridgehead atoms. The van der Waals surface area contributed by atoms with Crippen LogP contribution < -0.4 is 5.32 Å². The van der Waals surface area contributed by atoms with E-state index in [1.54, 1.807) is 6.92 Å². The topological polar surface area (TPSA) is 86.6 Å². The van der Waals surface area contributed by atoms with E-state index in [1.165, 1.54) is 30.0 Å². The first kappa shape index (κ1) is 15.4. The lowest BCUT2D eigenvalue weighted by atomic mass is 10.1. The zero-order chi connectivity index (χ0) is 14.4. The molecule has 0 aromatic heterocycles. The summed E-state index contributed by atoms with van der Waals surface area (Å²) < 4.78 is 0. The summed E-state index contributed by atoms with van der Waals surface area (Å²) >= 11 is 1.53. The predicted molar refractivity (Wildman–Crippen MR) is 74.7 cm³/mol. The molecule has 104 valence electrons. The van der Waals surface area contributed by atoms with Crippen LogP contribution in [-0.4, -0.2) is 40.1 Å². The maximum Gasteiger partial charge on any atom is 0.326 e. The number of thioether (sulfide) groups is 1. The molecule has 1 aromatic carbocycles. The summed E-state index contributed by atoms with van der Waals surface area (Å²) in [6.45, 7) is 1.68. The SMILES string of the molecule is CSCCC(NC(=O)c1ccc(O)c(C)c1)C(=O)O. The van der Waals surface area contributed by atoms with Crippen LogP contribution in [0.15, 0.2) is 18.2 Å². The third-order valence-electron chi connectivity index (χ3n) is 2.67. The third kappa shape index (κ3) is 4.48. The molecule has 0 fully saturated rings. The van der Waals surface area contributed by atoms with Crippen molar-refractivity contribution in [1.29, 1.82) is 0 Å². The van der Waals surface area contributed by atoms with Crippen molar-refractivity contribution in [3.8, 4) is 5.75 Å². The standard InChI is InChI=1S/C13H17NO4S/c1-8-7-9(3-4-11(8)15)12(16)14-10(13(17)18)5-6-19-2/h3-4,7,10,15H,5-6H2,1-2H3,(H,14,16)(H,17,18). The monoisotopic (exact) mass is 283 g/mol. The first-order valence-corrected chi connectivity index (χ1v) is 7.17. The molecule has 0 aliphatic carbocycles. The molecule has 0 saturated carbocycles. The number of aryl methyl sites for hydroxylation is 1. The van der Waals surface area contributed by atoms with Crippen LogP contribution in [0.2, 0.25) is 0 Å². The van der Waals surface area contributed by atoms with Crippen LogP contribution in [0.25, 0.3) is 0 Å². The number of phenolic OH excluding ortho intramolecular Hbond substituents is 1. The Bertz CT molecular complexity index is 476. The minimum Gasteiger partial charge on any atom is -0.508 e. The maximum atomic E-state index is 11.9. The van der Waals surface area contributed by atoms with Crippen LogP contribution in [-0.2, 0) is 4.79 Å². The number of hydrogen-bond acceptors (Lipinski definition) is 4. The minimum atomic E-state index is -1.04. The predicted octanol–water partition coefficient (Wildman–Crippen LogP) is 1.64. The minimum absolute atomic E-state index is 0.105. The third-order valence-corrected chi connectivity index (χ3v) is 3.32. The van der Waals surface area contributed by atoms with E-state index >= 15 is 0 Å². The van der Waals surface area contributed by atoms with Crippen molar-refractivity contribution >= 4 is 23.6 Å². The highest BCUT2D eigenvalue weighted by atomic mass is 32.2. The molecule has 1 aromatic rings. The molecule has 5 nitrogen and oxygen atoms in total. The normalized spacial score (nSPS) is 11.9. The lowest BCUT2D eigenvalue weighted by Gasteiger charge is -2.14. The molecular weight excluding hydrogens is 266 g/mol. The van der Waals surface area contributed by atoms with Gasteiger partial charge < -0.3 is 15.5 Å². The van der Waals surface area contributed by atoms with E-state index in [-0.39, 0.29) is 5.75 Å². The zero-order valence-electron chi connectivity index (χ0n) is 10.8. The molecule has 0 saturated heterocycles. The summed E-state index contributed by atoms with van der Waals surface area (Å²) in [5.74, 6) is -0.727. The van der Waals surface area contributed by atoms with Gasteiger partial charge in [0.05, 0.1) is 0 Å². The van der Waals surface area contributed by atoms with Gasteiger partial charge in [0.25, 0.3) is 5.91 Å². The highest BCUT2D eigenvalue weighted by molar-refractivity contribution is 7.98. The lowest BCUT2D eigenvalue weighted by molar-refractivity contribution is -0.139. The van der Waals surface area contributed by atoms with Gasteiger partial charge in [0.1, 0.15) is 11.8 Å². The van der Waals surface area contributed by atoms with Crippen LogP contribution in [0, 0.1) is 6.92 Å². The Kier molecular flexibility index (Phi) is 5.69. The van der Waals surface area contributed by atoms with Crippen LogP contribution in [0.1, 0.15) is 22.3 Å². The molecule has 1 rings (SSSR count). The van der Waals surface area contributed by atoms with Crippen LogP contribution >= 0.6 is 11.8 Å². The Balaban J connectivity index is 2.75. The van der Waals surface area contributed by atoms with Crippen molar-refractivity contribution in [2.45, 2.75) is 19.4 Å². The summed E-state index contributed by atoms with van der Waals surface area (Å²) in [6.07, 6.45) is 2.25. The number of carbonyl (C=O) groups is 2. The number of carboxylic acids is 1. The van der Waals surface area contributed by atoms with Gasteiger partial charge in [0, 0.05) is 5.56 Å². The van der Waals surface area contributed by atoms with Crippen molar-refractivity contribution < 1.29 is 19.8 Å². The largest absolute Gasteiger partial charge is 0.508 e. The summed E-state index contributed by atoms with van der Waals surface area (Å²) in [7, 11) is 0. The molecule has 0 radical (unpaired) electrons. The number of aromatic hydroxyl groups is 1. The smallest absolute Gasteiger partial charge is 0.326 e. The van der Waals surface area contributed by atoms with Crippen LogP contribution in [0.3, 0.4) is 0 Å². The quantitative estimate of drug-likeness (QED) is 0.739. The summed E-state index contributed by atoms with van der Waals surface area (Å²) in [5.41, 5.74) is 0.911. The van der Waals surface area contributed by atoms with E-state index < -0.39 is 17.9 Å². The molecule has 1 unspecified atom stereocenters. The Morgan fingerprint density at radius 3 is 2.63 bits per heavy atom. The van der Waals surface area contributed by atoms with Gasteiger partial charge in [-0.05, 0) is 49.1 Å². The van der Waals surface area contributed by atoms with Gasteiger partial charge in [-0.2, -0.15) is 11.8 Å². The molecular formula is C13H17NO4S. The van der Waals surface area contributed by atoms with E-state index in [0.29, 0.717) is 23.3 Å². The van der Waals surface area contributed by atoms with Crippen molar-refractivity contribution in [2.75, 3.05) is 12.0 Å². The number of carbonyl (C=O) groups excluding carboxylic acids is 1. The highest BCUT2D eigenvalue weighted by Crippen LogP contribution is 2.17. The molecule has 0 aliphatic rings. The molecule has 6 heteroatoms. The number of carboxylic acid groups (broad SMARTS) is 1. The van der Waals surface area contributed by atoms with Crippen LogP contribution in [0.4, 0.5) is 0 Å². The molecule has 0 aliphatic heterocycles. The van der Waals surface area contributed by atoms with Gasteiger partial charge >= 0.3 is 5.97 Å². The number of phenols is 1. The van der Waals surface area contributed by atoms with E-state index in [1.807, 2.05) is 6.26 Å². The second-order valence-corrected chi connectivity index (χ2v) is 5.13. The Morgan fingerprint density at radius 1 is 1.42 bits per heavy atom. The first-order chi connectivity index (χ1) is 8.95. The summed E-state index contributed by atoms with van der Waals surface area (Å²) in [5, 5.41) is 20.9. The second kappa shape index (κ2) is 7.04. The number of benzene rings is 1. The molecule has 19 heavy (non-hydrogen) atoms. The molecule has 0 spiro atoms. The number of nitrogens with one attached hydrogen (secondary N) is 1. The Labute approximate surface area is 116 Å². The summed E-state index contributed by atoms with van der Waals surface area (Å²) in [4.78, 5) is 23.0. The van der Waals surface area contributed by atoms with Crippen molar-refractivity contribution in [3.05, 3.63) is 29.3 Å².